The molecular formula is C33H25NO2. The summed E-state index contributed by atoms with van der Waals surface area (Å²) in [6.45, 7) is 1.97. The number of rotatable bonds is 3. The molecule has 0 fully saturated rings. The monoisotopic (exact) mass is 467 g/mol. The summed E-state index contributed by atoms with van der Waals surface area (Å²) in [7, 11) is 0. The van der Waals surface area contributed by atoms with Crippen molar-refractivity contribution in [2.24, 2.45) is 5.73 Å². The van der Waals surface area contributed by atoms with E-state index in [4.69, 9.17) is 15.2 Å². The van der Waals surface area contributed by atoms with Crippen molar-refractivity contribution in [2.45, 2.75) is 18.4 Å². The maximum absolute atomic E-state index is 6.61. The van der Waals surface area contributed by atoms with Crippen molar-refractivity contribution in [1.29, 1.82) is 0 Å². The molecule has 36 heavy (non-hydrogen) atoms. The number of fused-ring (bicyclic) bond motifs is 6. The molecule has 0 saturated carbocycles. The summed E-state index contributed by atoms with van der Waals surface area (Å²) in [5, 5.41) is 0. The van der Waals surface area contributed by atoms with Crippen LogP contribution in [0.1, 0.15) is 40.8 Å². The molecule has 0 spiro atoms. The van der Waals surface area contributed by atoms with E-state index in [1.54, 1.807) is 0 Å². The van der Waals surface area contributed by atoms with Crippen molar-refractivity contribution in [3.05, 3.63) is 143 Å². The van der Waals surface area contributed by atoms with Gasteiger partial charge in [-0.25, -0.2) is 0 Å². The smallest absolute Gasteiger partial charge is 0.178 e. The first-order valence-electron chi connectivity index (χ1n) is 12.3. The van der Waals surface area contributed by atoms with Crippen LogP contribution >= 0.6 is 0 Å². The van der Waals surface area contributed by atoms with Gasteiger partial charge in [-0.05, 0) is 58.5 Å². The third-order valence-corrected chi connectivity index (χ3v) is 7.47. The molecular weight excluding hydrogens is 442 g/mol. The van der Waals surface area contributed by atoms with E-state index in [1.807, 2.05) is 31.2 Å². The van der Waals surface area contributed by atoms with Gasteiger partial charge in [-0.1, -0.05) is 97.1 Å². The molecule has 1 heterocycles. The average Bonchev–Trinajstić information content (AvgIpc) is 3.24. The summed E-state index contributed by atoms with van der Waals surface area (Å²) in [5.74, 6) is 2.88. The summed E-state index contributed by atoms with van der Waals surface area (Å²) >= 11 is 0. The van der Waals surface area contributed by atoms with Gasteiger partial charge in [0.25, 0.3) is 0 Å². The third kappa shape index (κ3) is 2.84. The molecule has 1 unspecified atom stereocenters. The second-order valence-corrected chi connectivity index (χ2v) is 9.54. The minimum Gasteiger partial charge on any atom is -0.449 e. The Kier molecular flexibility index (Phi) is 4.57. The van der Waals surface area contributed by atoms with Crippen molar-refractivity contribution in [3.8, 4) is 34.1 Å². The van der Waals surface area contributed by atoms with Crippen molar-refractivity contribution in [1.82, 2.24) is 0 Å². The van der Waals surface area contributed by atoms with Crippen molar-refractivity contribution in [2.75, 3.05) is 0 Å². The van der Waals surface area contributed by atoms with Crippen molar-refractivity contribution >= 4 is 0 Å². The van der Waals surface area contributed by atoms with Crippen LogP contribution in [0.15, 0.2) is 115 Å². The predicted octanol–water partition coefficient (Wildman–Crippen LogP) is 7.97. The molecule has 1 atom stereocenters. The maximum atomic E-state index is 6.61. The molecule has 5 aromatic rings. The van der Waals surface area contributed by atoms with Gasteiger partial charge in [0.2, 0.25) is 0 Å². The molecule has 0 amide bonds. The second kappa shape index (κ2) is 7.84. The summed E-state index contributed by atoms with van der Waals surface area (Å²) in [6.07, 6.45) is 0. The van der Waals surface area contributed by atoms with Crippen molar-refractivity contribution < 1.29 is 9.47 Å². The van der Waals surface area contributed by atoms with E-state index in [0.29, 0.717) is 11.5 Å². The molecule has 3 heteroatoms. The fraction of sp³-hybridized carbons (Fsp3) is 0.0909. The number of nitrogens with two attached hydrogens (primary N) is 1. The molecule has 174 valence electrons. The van der Waals surface area contributed by atoms with Crippen LogP contribution in [-0.2, 0) is 5.41 Å². The van der Waals surface area contributed by atoms with E-state index in [0.717, 1.165) is 28.2 Å². The zero-order valence-corrected chi connectivity index (χ0v) is 19.9. The van der Waals surface area contributed by atoms with Gasteiger partial charge in [-0.3, -0.25) is 0 Å². The Hall–Kier alpha value is -4.34. The lowest BCUT2D eigenvalue weighted by molar-refractivity contribution is 0.360. The standard InChI is InChI=1S/C33H25NO2/c1-21(34)22-16-18-28-30(20-22)35-29-19-17-27-31(32(29)36-28)25-14-8-9-15-26(25)33(27,23-10-4-2-5-11-23)24-12-6-3-7-13-24/h2-21H,34H2,1H3. The molecule has 0 bridgehead atoms. The molecule has 0 radical (unpaired) electrons. The van der Waals surface area contributed by atoms with Crippen molar-refractivity contribution in [3.63, 3.8) is 0 Å². The highest BCUT2D eigenvalue weighted by Gasteiger charge is 2.48. The van der Waals surface area contributed by atoms with Gasteiger partial charge < -0.3 is 15.2 Å². The highest BCUT2D eigenvalue weighted by atomic mass is 16.6. The topological polar surface area (TPSA) is 44.5 Å². The highest BCUT2D eigenvalue weighted by Crippen LogP contribution is 2.62. The van der Waals surface area contributed by atoms with Gasteiger partial charge in [-0.2, -0.15) is 0 Å². The minimum absolute atomic E-state index is 0.0791. The van der Waals surface area contributed by atoms with Crippen LogP contribution in [0.25, 0.3) is 11.1 Å². The Balaban J connectivity index is 1.52. The maximum Gasteiger partial charge on any atom is 0.178 e. The largest absolute Gasteiger partial charge is 0.449 e. The van der Waals surface area contributed by atoms with Crippen LogP contribution in [-0.4, -0.2) is 0 Å². The lowest BCUT2D eigenvalue weighted by Gasteiger charge is -2.34. The Bertz CT molecular complexity index is 1570. The number of hydrogen-bond donors (Lipinski definition) is 1. The molecule has 2 aliphatic rings. The van der Waals surface area contributed by atoms with E-state index in [9.17, 15) is 0 Å². The van der Waals surface area contributed by atoms with Gasteiger partial charge in [0.05, 0.1) is 5.41 Å². The van der Waals surface area contributed by atoms with E-state index < -0.39 is 5.41 Å². The second-order valence-electron chi connectivity index (χ2n) is 9.54. The first kappa shape index (κ1) is 21.0. The molecule has 2 N–H and O–H groups in total. The number of benzene rings is 5. The summed E-state index contributed by atoms with van der Waals surface area (Å²) in [6, 6.07) is 40.3. The van der Waals surface area contributed by atoms with Gasteiger partial charge in [-0.15, -0.1) is 0 Å². The first-order chi connectivity index (χ1) is 17.7. The Morgan fingerprint density at radius 1 is 0.611 bits per heavy atom. The molecule has 0 saturated heterocycles. The zero-order valence-electron chi connectivity index (χ0n) is 19.9. The Morgan fingerprint density at radius 2 is 1.25 bits per heavy atom. The summed E-state index contributed by atoms with van der Waals surface area (Å²) in [5.41, 5.74) is 13.8. The van der Waals surface area contributed by atoms with Gasteiger partial charge in [0, 0.05) is 11.6 Å². The van der Waals surface area contributed by atoms with E-state index in [-0.39, 0.29) is 6.04 Å². The summed E-state index contributed by atoms with van der Waals surface area (Å²) in [4.78, 5) is 0. The summed E-state index contributed by atoms with van der Waals surface area (Å²) < 4.78 is 13.0. The van der Waals surface area contributed by atoms with Gasteiger partial charge in [0.15, 0.2) is 23.0 Å². The van der Waals surface area contributed by atoms with Crippen LogP contribution < -0.4 is 15.2 Å². The molecule has 3 nitrogen and oxygen atoms in total. The van der Waals surface area contributed by atoms with E-state index in [2.05, 4.69) is 91.0 Å². The molecule has 1 aliphatic carbocycles. The lowest BCUT2D eigenvalue weighted by atomic mass is 9.68. The minimum atomic E-state index is -0.466. The molecule has 5 aromatic carbocycles. The molecule has 7 rings (SSSR count). The van der Waals surface area contributed by atoms with Crippen LogP contribution in [0.2, 0.25) is 0 Å². The van der Waals surface area contributed by atoms with Crippen LogP contribution in [0.3, 0.4) is 0 Å². The van der Waals surface area contributed by atoms with Gasteiger partial charge in [0.1, 0.15) is 0 Å². The fourth-order valence-corrected chi connectivity index (χ4v) is 5.86. The van der Waals surface area contributed by atoms with E-state index in [1.165, 1.54) is 22.3 Å². The van der Waals surface area contributed by atoms with Crippen LogP contribution in [0.4, 0.5) is 0 Å². The molecule has 0 aromatic heterocycles. The average molecular weight is 468 g/mol. The van der Waals surface area contributed by atoms with Gasteiger partial charge >= 0.3 is 0 Å². The predicted molar refractivity (Wildman–Crippen MR) is 143 cm³/mol. The first-order valence-corrected chi connectivity index (χ1v) is 12.3. The highest BCUT2D eigenvalue weighted by molar-refractivity contribution is 5.91. The SMILES string of the molecule is CC(N)c1ccc2c(c1)Oc1ccc3c(c1O2)-c1ccccc1C3(c1ccccc1)c1ccccc1. The number of ether oxygens (including phenoxy) is 2. The quantitative estimate of drug-likeness (QED) is 0.287. The van der Waals surface area contributed by atoms with E-state index >= 15 is 0 Å². The van der Waals surface area contributed by atoms with Crippen LogP contribution in [0, 0.1) is 0 Å². The normalized spacial score (nSPS) is 14.9. The number of hydrogen-bond acceptors (Lipinski definition) is 3. The Morgan fingerprint density at radius 3 is 1.94 bits per heavy atom. The zero-order chi connectivity index (χ0) is 24.3. The molecule has 1 aliphatic heterocycles. The van der Waals surface area contributed by atoms with Crippen LogP contribution in [0.5, 0.6) is 23.0 Å². The Labute approximate surface area is 210 Å². The fourth-order valence-electron chi connectivity index (χ4n) is 5.86. The lowest BCUT2D eigenvalue weighted by Crippen LogP contribution is -2.28. The third-order valence-electron chi connectivity index (χ3n) is 7.47.